The molecule has 0 amide bonds. The maximum atomic E-state index is 10.6. The molecule has 2 aromatic rings. The number of ether oxygens (including phenoxy) is 1. The Labute approximate surface area is 131 Å². The molecule has 0 bridgehead atoms. The van der Waals surface area contributed by atoms with Crippen molar-refractivity contribution >= 4 is 21.6 Å². The molecule has 6 heteroatoms. The van der Waals surface area contributed by atoms with Crippen molar-refractivity contribution in [1.29, 1.82) is 0 Å². The van der Waals surface area contributed by atoms with Gasteiger partial charge in [-0.05, 0) is 64.3 Å². The summed E-state index contributed by atoms with van der Waals surface area (Å²) in [7, 11) is 0. The smallest absolute Gasteiger partial charge is 0.269 e. The minimum atomic E-state index is -0.419. The van der Waals surface area contributed by atoms with Gasteiger partial charge in [0.1, 0.15) is 12.4 Å². The molecular formula is C15H15BrN2O3. The van der Waals surface area contributed by atoms with Gasteiger partial charge in [0.15, 0.2) is 0 Å². The van der Waals surface area contributed by atoms with Gasteiger partial charge in [0.2, 0.25) is 0 Å². The van der Waals surface area contributed by atoms with Crippen molar-refractivity contribution < 1.29 is 9.66 Å². The van der Waals surface area contributed by atoms with Crippen LogP contribution in [0.3, 0.4) is 0 Å². The largest absolute Gasteiger partial charge is 0.488 e. The fourth-order valence-electron chi connectivity index (χ4n) is 1.86. The van der Waals surface area contributed by atoms with Crippen molar-refractivity contribution in [1.82, 2.24) is 0 Å². The topological polar surface area (TPSA) is 78.4 Å². The molecule has 110 valence electrons. The van der Waals surface area contributed by atoms with Crippen LogP contribution >= 0.6 is 15.9 Å². The summed E-state index contributed by atoms with van der Waals surface area (Å²) in [6.45, 7) is 0.961. The van der Waals surface area contributed by atoms with E-state index in [0.29, 0.717) is 13.2 Å². The molecule has 0 aliphatic heterocycles. The van der Waals surface area contributed by atoms with Gasteiger partial charge in [-0.3, -0.25) is 10.1 Å². The van der Waals surface area contributed by atoms with Crippen LogP contribution < -0.4 is 10.5 Å². The maximum Gasteiger partial charge on any atom is 0.269 e. The van der Waals surface area contributed by atoms with Gasteiger partial charge in [0, 0.05) is 12.1 Å². The predicted molar refractivity (Wildman–Crippen MR) is 84.3 cm³/mol. The molecule has 2 N–H and O–H groups in total. The second kappa shape index (κ2) is 7.19. The van der Waals surface area contributed by atoms with E-state index in [1.165, 1.54) is 12.1 Å². The molecule has 2 aromatic carbocycles. The summed E-state index contributed by atoms with van der Waals surface area (Å²) >= 11 is 3.47. The highest BCUT2D eigenvalue weighted by Gasteiger charge is 2.06. The summed E-state index contributed by atoms with van der Waals surface area (Å²) in [5.74, 6) is 0.731. The molecule has 0 aliphatic rings. The lowest BCUT2D eigenvalue weighted by molar-refractivity contribution is -0.384. The number of nitro benzene ring substituents is 1. The molecule has 0 aliphatic carbocycles. The first-order valence-corrected chi connectivity index (χ1v) is 7.24. The summed E-state index contributed by atoms with van der Waals surface area (Å²) in [6, 6.07) is 12.2. The molecule has 0 radical (unpaired) electrons. The second-order valence-corrected chi connectivity index (χ2v) is 5.37. The third-order valence-corrected chi connectivity index (χ3v) is 3.59. The Morgan fingerprint density at radius 3 is 2.38 bits per heavy atom. The Hall–Kier alpha value is -1.92. The number of benzene rings is 2. The third-order valence-electron chi connectivity index (χ3n) is 2.97. The number of nitro groups is 1. The predicted octanol–water partition coefficient (Wildman–Crippen LogP) is 3.44. The first kappa shape index (κ1) is 15.5. The van der Waals surface area contributed by atoms with E-state index < -0.39 is 4.92 Å². The molecule has 21 heavy (non-hydrogen) atoms. The first-order chi connectivity index (χ1) is 10.1. The van der Waals surface area contributed by atoms with Crippen molar-refractivity contribution in [3.63, 3.8) is 0 Å². The Kier molecular flexibility index (Phi) is 5.30. The molecule has 0 spiro atoms. The molecule has 0 saturated carbocycles. The van der Waals surface area contributed by atoms with E-state index in [4.69, 9.17) is 10.5 Å². The zero-order valence-corrected chi connectivity index (χ0v) is 12.9. The van der Waals surface area contributed by atoms with E-state index in [9.17, 15) is 10.1 Å². The van der Waals surface area contributed by atoms with E-state index in [0.717, 1.165) is 27.8 Å². The van der Waals surface area contributed by atoms with Crippen molar-refractivity contribution in [3.05, 3.63) is 68.2 Å². The van der Waals surface area contributed by atoms with Gasteiger partial charge in [-0.15, -0.1) is 0 Å². The lowest BCUT2D eigenvalue weighted by Gasteiger charge is -2.09. The minimum absolute atomic E-state index is 0.0751. The summed E-state index contributed by atoms with van der Waals surface area (Å²) in [4.78, 5) is 10.2. The van der Waals surface area contributed by atoms with Crippen molar-refractivity contribution in [3.8, 4) is 5.75 Å². The summed E-state index contributed by atoms with van der Waals surface area (Å²) in [6.07, 6.45) is 0.821. The zero-order valence-electron chi connectivity index (χ0n) is 11.3. The number of hydrogen-bond acceptors (Lipinski definition) is 4. The standard InChI is InChI=1S/C15H15BrN2O3/c16-14-9-11(7-8-17)3-6-15(14)21-10-12-1-4-13(5-2-12)18(19)20/h1-6,9H,7-8,10,17H2. The van der Waals surface area contributed by atoms with E-state index in [2.05, 4.69) is 15.9 Å². The second-order valence-electron chi connectivity index (χ2n) is 4.52. The van der Waals surface area contributed by atoms with Crippen LogP contribution in [-0.2, 0) is 13.0 Å². The van der Waals surface area contributed by atoms with Crippen molar-refractivity contribution in [2.45, 2.75) is 13.0 Å². The van der Waals surface area contributed by atoms with Crippen LogP contribution in [0.5, 0.6) is 5.75 Å². The number of hydrogen-bond donors (Lipinski definition) is 1. The van der Waals surface area contributed by atoms with E-state index in [-0.39, 0.29) is 5.69 Å². The maximum absolute atomic E-state index is 10.6. The van der Waals surface area contributed by atoms with Crippen molar-refractivity contribution in [2.75, 3.05) is 6.54 Å². The highest BCUT2D eigenvalue weighted by atomic mass is 79.9. The van der Waals surface area contributed by atoms with Gasteiger partial charge >= 0.3 is 0 Å². The summed E-state index contributed by atoms with van der Waals surface area (Å²) in [5, 5.41) is 10.6. The van der Waals surface area contributed by atoms with E-state index in [1.54, 1.807) is 12.1 Å². The summed E-state index contributed by atoms with van der Waals surface area (Å²) < 4.78 is 6.58. The molecule has 0 heterocycles. The Bertz CT molecular complexity index is 629. The van der Waals surface area contributed by atoms with Crippen LogP contribution in [0.1, 0.15) is 11.1 Å². The summed E-state index contributed by atoms with van der Waals surface area (Å²) in [5.41, 5.74) is 7.62. The van der Waals surface area contributed by atoms with Crippen LogP contribution in [0.4, 0.5) is 5.69 Å². The molecule has 0 saturated heterocycles. The monoisotopic (exact) mass is 350 g/mol. The first-order valence-electron chi connectivity index (χ1n) is 6.45. The van der Waals surface area contributed by atoms with Gasteiger partial charge in [-0.25, -0.2) is 0 Å². The van der Waals surface area contributed by atoms with Gasteiger partial charge in [0.25, 0.3) is 5.69 Å². The lowest BCUT2D eigenvalue weighted by atomic mass is 10.1. The molecule has 5 nitrogen and oxygen atoms in total. The van der Waals surface area contributed by atoms with Crippen LogP contribution in [0.15, 0.2) is 46.9 Å². The Morgan fingerprint density at radius 1 is 1.14 bits per heavy atom. The highest BCUT2D eigenvalue weighted by Crippen LogP contribution is 2.27. The van der Waals surface area contributed by atoms with Crippen LogP contribution in [0, 0.1) is 10.1 Å². The number of rotatable bonds is 6. The Morgan fingerprint density at radius 2 is 1.81 bits per heavy atom. The molecule has 0 aromatic heterocycles. The molecule has 2 rings (SSSR count). The van der Waals surface area contributed by atoms with Gasteiger partial charge in [-0.2, -0.15) is 0 Å². The quantitative estimate of drug-likeness (QED) is 0.639. The average molecular weight is 351 g/mol. The molecular weight excluding hydrogens is 336 g/mol. The van der Waals surface area contributed by atoms with Crippen LogP contribution in [-0.4, -0.2) is 11.5 Å². The third kappa shape index (κ3) is 4.27. The van der Waals surface area contributed by atoms with E-state index in [1.807, 2.05) is 18.2 Å². The van der Waals surface area contributed by atoms with Crippen LogP contribution in [0.2, 0.25) is 0 Å². The van der Waals surface area contributed by atoms with Crippen molar-refractivity contribution in [2.24, 2.45) is 5.73 Å². The number of nitrogens with zero attached hydrogens (tertiary/aromatic N) is 1. The average Bonchev–Trinajstić information content (AvgIpc) is 2.47. The SMILES string of the molecule is NCCc1ccc(OCc2ccc([N+](=O)[O-])cc2)c(Br)c1. The fraction of sp³-hybridized carbons (Fsp3) is 0.200. The number of non-ortho nitro benzene ring substituents is 1. The number of nitrogens with two attached hydrogens (primary N) is 1. The Balaban J connectivity index is 2.00. The zero-order chi connectivity index (χ0) is 15.2. The van der Waals surface area contributed by atoms with Gasteiger partial charge in [-0.1, -0.05) is 6.07 Å². The van der Waals surface area contributed by atoms with Gasteiger partial charge in [0.05, 0.1) is 9.40 Å². The van der Waals surface area contributed by atoms with Gasteiger partial charge < -0.3 is 10.5 Å². The fourth-order valence-corrected chi connectivity index (χ4v) is 2.40. The number of halogens is 1. The lowest BCUT2D eigenvalue weighted by Crippen LogP contribution is -2.03. The molecule has 0 fully saturated rings. The minimum Gasteiger partial charge on any atom is -0.488 e. The van der Waals surface area contributed by atoms with Crippen LogP contribution in [0.25, 0.3) is 0 Å². The highest BCUT2D eigenvalue weighted by molar-refractivity contribution is 9.10. The van der Waals surface area contributed by atoms with E-state index >= 15 is 0 Å². The normalized spacial score (nSPS) is 10.4. The molecule has 0 unspecified atom stereocenters. The molecule has 0 atom stereocenters.